The van der Waals surface area contributed by atoms with E-state index in [2.05, 4.69) is 15.0 Å². The van der Waals surface area contributed by atoms with Crippen LogP contribution in [0.4, 0.5) is 5.95 Å². The Bertz CT molecular complexity index is 1160. The predicted octanol–water partition coefficient (Wildman–Crippen LogP) is -2.37. The summed E-state index contributed by atoms with van der Waals surface area (Å²) >= 11 is 0. The van der Waals surface area contributed by atoms with Crippen LogP contribution in [0.1, 0.15) is 6.23 Å². The number of imidazole rings is 2. The number of hydrogen-bond donors (Lipinski definition) is 3. The largest absolute Gasteiger partial charge is 0.761 e. The normalized spacial score (nSPS) is 26.3. The number of nitrogens with one attached hydrogen (secondary N) is 1. The lowest BCUT2D eigenvalue weighted by Crippen LogP contribution is -2.46. The van der Waals surface area contributed by atoms with Crippen LogP contribution >= 0.6 is 7.75 Å². The molecule has 0 aliphatic carbocycles. The number of aromatic nitrogens is 6. The van der Waals surface area contributed by atoms with Crippen LogP contribution in [0.2, 0.25) is 0 Å². The predicted molar refractivity (Wildman–Crippen MR) is 97.8 cm³/mol. The molecule has 0 radical (unpaired) electrons. The molecule has 30 heavy (non-hydrogen) atoms. The van der Waals surface area contributed by atoms with E-state index in [1.165, 1.54) is 35.0 Å². The van der Waals surface area contributed by atoms with Crippen LogP contribution in [0.15, 0.2) is 29.8 Å². The van der Waals surface area contributed by atoms with E-state index in [-0.39, 0.29) is 17.1 Å². The summed E-state index contributed by atoms with van der Waals surface area (Å²) in [5, 5.41) is 10.8. The molecule has 1 aliphatic rings. The average molecular weight is 441 g/mol. The number of aromatic amines is 1. The Balaban J connectivity index is 1.62. The van der Waals surface area contributed by atoms with Crippen molar-refractivity contribution in [3.8, 4) is 0 Å². The van der Waals surface area contributed by atoms with E-state index in [0.717, 1.165) is 10.7 Å². The third-order valence-corrected chi connectivity index (χ3v) is 6.10. The van der Waals surface area contributed by atoms with Crippen LogP contribution < -0.4 is 20.8 Å². The Hall–Kier alpha value is -2.61. The summed E-state index contributed by atoms with van der Waals surface area (Å²) in [5.41, 5.74) is 5.60. The van der Waals surface area contributed by atoms with Gasteiger partial charge in [-0.2, -0.15) is 0 Å². The second-order valence-corrected chi connectivity index (χ2v) is 8.38. The fourth-order valence-corrected chi connectivity index (χ4v) is 4.34. The van der Waals surface area contributed by atoms with Crippen LogP contribution in [-0.2, 0) is 25.6 Å². The summed E-state index contributed by atoms with van der Waals surface area (Å²) in [5.74, 6) is -0.101. The lowest BCUT2D eigenvalue weighted by atomic mass is 10.1. The minimum Gasteiger partial charge on any atom is -0.761 e. The summed E-state index contributed by atoms with van der Waals surface area (Å²) < 4.78 is 32.2. The van der Waals surface area contributed by atoms with Crippen molar-refractivity contribution in [2.75, 3.05) is 19.5 Å². The van der Waals surface area contributed by atoms with Gasteiger partial charge < -0.3 is 29.7 Å². The van der Waals surface area contributed by atoms with Crippen LogP contribution in [0, 0.1) is 0 Å². The summed E-state index contributed by atoms with van der Waals surface area (Å²) in [6.07, 6.45) is 1.07. The number of nitrogens with zero attached hydrogens (tertiary/aromatic N) is 5. The molecule has 3 aromatic rings. The van der Waals surface area contributed by atoms with Gasteiger partial charge in [0.05, 0.1) is 13.7 Å². The Morgan fingerprint density at radius 1 is 1.53 bits per heavy atom. The molecule has 0 bridgehead atoms. The molecular formula is C15H20N7O7P. The lowest BCUT2D eigenvalue weighted by molar-refractivity contribution is -0.745. The number of anilines is 1. The number of aliphatic hydroxyl groups excluding tert-OH is 1. The van der Waals surface area contributed by atoms with Crippen LogP contribution in [0.3, 0.4) is 0 Å². The standard InChI is InChI=1S/C15H20N7O7P/c1-20-7-22(12-9(20)13(24)19-15(16)18-12)14-10(23)11(27-2)8(29-14)5-28-30(25,26)21-4-3-17-6-21/h3-4,6-8,10-11,14,23H,5H2,1-2H3,(H3-,16,18,19,24,25,26)/t8-,10-,11-,14-/m1/s1. The number of rotatable bonds is 6. The van der Waals surface area contributed by atoms with E-state index < -0.39 is 44.5 Å². The van der Waals surface area contributed by atoms with Gasteiger partial charge in [0.2, 0.25) is 19.5 Å². The molecule has 3 aromatic heterocycles. The average Bonchev–Trinajstić information content (AvgIpc) is 3.39. The minimum atomic E-state index is -4.44. The quantitative estimate of drug-likeness (QED) is 0.276. The van der Waals surface area contributed by atoms with Crippen molar-refractivity contribution in [2.24, 2.45) is 7.05 Å². The lowest BCUT2D eigenvalue weighted by Gasteiger charge is -2.26. The molecule has 14 nitrogen and oxygen atoms in total. The minimum absolute atomic E-state index is 0.101. The van der Waals surface area contributed by atoms with Crippen molar-refractivity contribution in [3.05, 3.63) is 35.4 Å². The van der Waals surface area contributed by atoms with Crippen molar-refractivity contribution in [2.45, 2.75) is 24.5 Å². The maximum absolute atomic E-state index is 12.2. The third kappa shape index (κ3) is 3.43. The monoisotopic (exact) mass is 441 g/mol. The molecular weight excluding hydrogens is 421 g/mol. The summed E-state index contributed by atoms with van der Waals surface area (Å²) in [6.45, 7) is -0.410. The third-order valence-electron chi connectivity index (χ3n) is 4.82. The van der Waals surface area contributed by atoms with E-state index in [0.29, 0.717) is 0 Å². The number of ether oxygens (including phenoxy) is 2. The number of fused-ring (bicyclic) bond motifs is 1. The van der Waals surface area contributed by atoms with Gasteiger partial charge in [-0.25, -0.2) is 9.55 Å². The molecule has 15 heteroatoms. The van der Waals surface area contributed by atoms with E-state index in [1.807, 2.05) is 0 Å². The molecule has 0 amide bonds. The van der Waals surface area contributed by atoms with Gasteiger partial charge in [-0.1, -0.05) is 4.98 Å². The van der Waals surface area contributed by atoms with Gasteiger partial charge in [-0.05, 0) is 0 Å². The first-order valence-electron chi connectivity index (χ1n) is 8.79. The van der Waals surface area contributed by atoms with Crippen molar-refractivity contribution >= 4 is 24.9 Å². The molecule has 0 aromatic carbocycles. The molecule has 4 N–H and O–H groups in total. The van der Waals surface area contributed by atoms with Crippen molar-refractivity contribution in [1.29, 1.82) is 0 Å². The van der Waals surface area contributed by atoms with Gasteiger partial charge >= 0.3 is 5.65 Å². The Morgan fingerprint density at radius 2 is 2.30 bits per heavy atom. The van der Waals surface area contributed by atoms with Crippen molar-refractivity contribution in [1.82, 2.24) is 23.9 Å². The second kappa shape index (κ2) is 7.58. The molecule has 1 aliphatic heterocycles. The van der Waals surface area contributed by atoms with Gasteiger partial charge in [0.25, 0.3) is 11.5 Å². The Morgan fingerprint density at radius 3 is 2.97 bits per heavy atom. The number of hydrogen-bond acceptors (Lipinski definition) is 10. The van der Waals surface area contributed by atoms with Crippen LogP contribution in [-0.4, -0.2) is 61.0 Å². The zero-order valence-corrected chi connectivity index (χ0v) is 16.9. The molecule has 4 rings (SSSR count). The SMILES string of the molecule is CO[C@H]1[C@@H](O)[C@H]([n+]2cn(C)c3c(=O)[nH]c(N)nc32)O[C@@H]1COP(=O)([O-])n1ccnc1. The summed E-state index contributed by atoms with van der Waals surface area (Å²) in [4.78, 5) is 34.6. The number of methoxy groups -OCH3 is 1. The molecule has 0 saturated carbocycles. The Kier molecular flexibility index (Phi) is 5.22. The molecule has 1 saturated heterocycles. The molecule has 0 spiro atoms. The topological polar surface area (TPSA) is 186 Å². The van der Waals surface area contributed by atoms with E-state index in [9.17, 15) is 19.4 Å². The highest BCUT2D eigenvalue weighted by atomic mass is 31.2. The number of nitrogens with two attached hydrogens (primary N) is 1. The van der Waals surface area contributed by atoms with Crippen molar-refractivity contribution < 1.29 is 33.1 Å². The highest BCUT2D eigenvalue weighted by Crippen LogP contribution is 2.40. The van der Waals surface area contributed by atoms with E-state index in [4.69, 9.17) is 19.7 Å². The van der Waals surface area contributed by atoms with Crippen molar-refractivity contribution in [3.63, 3.8) is 0 Å². The van der Waals surface area contributed by atoms with E-state index in [1.54, 1.807) is 7.05 Å². The Labute approximate surface area is 169 Å². The van der Waals surface area contributed by atoms with Crippen LogP contribution in [0.25, 0.3) is 11.2 Å². The van der Waals surface area contributed by atoms with Gasteiger partial charge in [-0.15, -0.1) is 0 Å². The smallest absolute Gasteiger partial charge is 0.313 e. The van der Waals surface area contributed by atoms with Gasteiger partial charge in [-0.3, -0.25) is 23.2 Å². The fraction of sp³-hybridized carbons (Fsp3) is 0.467. The maximum atomic E-state index is 12.2. The number of aliphatic hydroxyl groups is 1. The molecule has 1 unspecified atom stereocenters. The molecule has 162 valence electrons. The summed E-state index contributed by atoms with van der Waals surface area (Å²) in [7, 11) is -1.46. The van der Waals surface area contributed by atoms with Crippen LogP contribution in [0.5, 0.6) is 0 Å². The summed E-state index contributed by atoms with van der Waals surface area (Å²) in [6, 6.07) is 0. The van der Waals surface area contributed by atoms with Gasteiger partial charge in [0.15, 0.2) is 6.33 Å². The first-order chi connectivity index (χ1) is 14.2. The maximum Gasteiger partial charge on any atom is 0.313 e. The first kappa shape index (κ1) is 20.7. The van der Waals surface area contributed by atoms with Gasteiger partial charge in [0, 0.05) is 19.5 Å². The zero-order valence-electron chi connectivity index (χ0n) is 16.0. The fourth-order valence-electron chi connectivity index (χ4n) is 3.46. The molecule has 1 fully saturated rings. The van der Waals surface area contributed by atoms with Gasteiger partial charge in [0.1, 0.15) is 24.6 Å². The second-order valence-electron chi connectivity index (χ2n) is 6.72. The van der Waals surface area contributed by atoms with E-state index >= 15 is 0 Å². The first-order valence-corrected chi connectivity index (χ1v) is 10.3. The number of nitrogen functional groups attached to an aromatic ring is 1. The highest BCUT2D eigenvalue weighted by molar-refractivity contribution is 7.49. The molecule has 4 heterocycles. The molecule has 5 atom stereocenters. The zero-order chi connectivity index (χ0) is 21.6. The number of aryl methyl sites for hydroxylation is 1. The highest BCUT2D eigenvalue weighted by Gasteiger charge is 2.48. The number of H-pyrrole nitrogens is 1.